The molecule has 0 aliphatic heterocycles. The average molecular weight is 220 g/mol. The fourth-order valence-electron chi connectivity index (χ4n) is 1.91. The zero-order valence-electron chi connectivity index (χ0n) is 10.7. The number of nitrogen functional groups attached to an aromatic ring is 1. The number of nitrogens with zero attached hydrogens (tertiary/aromatic N) is 1. The highest BCUT2D eigenvalue weighted by Crippen LogP contribution is 2.09. The second-order valence-electron chi connectivity index (χ2n) is 4.38. The van der Waals surface area contributed by atoms with Crippen LogP contribution < -0.4 is 5.73 Å². The molecule has 2 N–H and O–H groups in total. The van der Waals surface area contributed by atoms with E-state index in [4.69, 9.17) is 5.73 Å². The Morgan fingerprint density at radius 2 is 1.81 bits per heavy atom. The lowest BCUT2D eigenvalue weighted by molar-refractivity contribution is 0.217. The van der Waals surface area contributed by atoms with Gasteiger partial charge in [0.2, 0.25) is 0 Å². The normalized spacial score (nSPS) is 13.0. The van der Waals surface area contributed by atoms with Crippen LogP contribution in [0.1, 0.15) is 32.8 Å². The zero-order chi connectivity index (χ0) is 12.0. The number of rotatable bonds is 6. The summed E-state index contributed by atoms with van der Waals surface area (Å²) in [5, 5.41) is 0. The highest BCUT2D eigenvalue weighted by molar-refractivity contribution is 5.39. The van der Waals surface area contributed by atoms with Crippen molar-refractivity contribution in [1.82, 2.24) is 4.90 Å². The first-order valence-electron chi connectivity index (χ1n) is 6.25. The molecule has 0 heterocycles. The summed E-state index contributed by atoms with van der Waals surface area (Å²) in [4.78, 5) is 2.52. The van der Waals surface area contributed by atoms with Gasteiger partial charge in [-0.25, -0.2) is 0 Å². The standard InChI is InChI=1S/C14H24N2/c1-4-12(3)16(5-2)11-10-13-6-8-14(15)9-7-13/h6-9,12H,4-5,10-11,15H2,1-3H3. The lowest BCUT2D eigenvalue weighted by atomic mass is 10.1. The summed E-state index contributed by atoms with van der Waals surface area (Å²) < 4.78 is 0. The Labute approximate surface area is 99.5 Å². The van der Waals surface area contributed by atoms with Gasteiger partial charge in [-0.05, 0) is 44.0 Å². The third kappa shape index (κ3) is 3.86. The van der Waals surface area contributed by atoms with Crippen molar-refractivity contribution in [2.45, 2.75) is 39.7 Å². The van der Waals surface area contributed by atoms with Crippen molar-refractivity contribution in [3.05, 3.63) is 29.8 Å². The van der Waals surface area contributed by atoms with Crippen molar-refractivity contribution >= 4 is 5.69 Å². The lowest BCUT2D eigenvalue weighted by Gasteiger charge is -2.26. The Balaban J connectivity index is 2.46. The van der Waals surface area contributed by atoms with E-state index in [1.54, 1.807) is 0 Å². The molecule has 2 nitrogen and oxygen atoms in total. The van der Waals surface area contributed by atoms with Crippen LogP contribution in [-0.4, -0.2) is 24.0 Å². The van der Waals surface area contributed by atoms with Gasteiger partial charge in [0.25, 0.3) is 0 Å². The minimum Gasteiger partial charge on any atom is -0.399 e. The maximum absolute atomic E-state index is 5.67. The minimum absolute atomic E-state index is 0.679. The van der Waals surface area contributed by atoms with E-state index >= 15 is 0 Å². The van der Waals surface area contributed by atoms with E-state index in [1.807, 2.05) is 12.1 Å². The summed E-state index contributed by atoms with van der Waals surface area (Å²) in [7, 11) is 0. The first-order chi connectivity index (χ1) is 7.67. The van der Waals surface area contributed by atoms with Crippen molar-refractivity contribution in [3.8, 4) is 0 Å². The second kappa shape index (κ2) is 6.54. The molecule has 0 spiro atoms. The summed E-state index contributed by atoms with van der Waals surface area (Å²) in [6.45, 7) is 9.04. The van der Waals surface area contributed by atoms with Gasteiger partial charge in [-0.2, -0.15) is 0 Å². The summed E-state index contributed by atoms with van der Waals surface area (Å²) >= 11 is 0. The number of likely N-dealkylation sites (N-methyl/N-ethyl adjacent to an activating group) is 1. The second-order valence-corrected chi connectivity index (χ2v) is 4.38. The molecule has 2 heteroatoms. The third-order valence-corrected chi connectivity index (χ3v) is 3.29. The van der Waals surface area contributed by atoms with E-state index in [0.29, 0.717) is 6.04 Å². The quantitative estimate of drug-likeness (QED) is 0.747. The number of hydrogen-bond acceptors (Lipinski definition) is 2. The molecule has 0 amide bonds. The molecule has 1 atom stereocenters. The number of benzene rings is 1. The van der Waals surface area contributed by atoms with Crippen molar-refractivity contribution in [1.29, 1.82) is 0 Å². The number of anilines is 1. The molecule has 1 unspecified atom stereocenters. The minimum atomic E-state index is 0.679. The fraction of sp³-hybridized carbons (Fsp3) is 0.571. The van der Waals surface area contributed by atoms with Gasteiger partial charge >= 0.3 is 0 Å². The molecule has 1 rings (SSSR count). The molecule has 0 fully saturated rings. The van der Waals surface area contributed by atoms with Crippen molar-refractivity contribution < 1.29 is 0 Å². The van der Waals surface area contributed by atoms with Crippen LogP contribution in [-0.2, 0) is 6.42 Å². The van der Waals surface area contributed by atoms with Gasteiger partial charge in [-0.1, -0.05) is 26.0 Å². The molecule has 0 aromatic heterocycles. The molecule has 0 saturated carbocycles. The topological polar surface area (TPSA) is 29.3 Å². The molecule has 1 aromatic carbocycles. The van der Waals surface area contributed by atoms with Crippen LogP contribution in [0, 0.1) is 0 Å². The third-order valence-electron chi connectivity index (χ3n) is 3.29. The Morgan fingerprint density at radius 3 is 2.31 bits per heavy atom. The van der Waals surface area contributed by atoms with Gasteiger partial charge < -0.3 is 10.6 Å². The molecule has 90 valence electrons. The molecule has 0 radical (unpaired) electrons. The SMILES string of the molecule is CCC(C)N(CC)CCc1ccc(N)cc1. The summed E-state index contributed by atoms with van der Waals surface area (Å²) in [5.74, 6) is 0. The smallest absolute Gasteiger partial charge is 0.0314 e. The van der Waals surface area contributed by atoms with Crippen LogP contribution >= 0.6 is 0 Å². The summed E-state index contributed by atoms with van der Waals surface area (Å²) in [6, 6.07) is 8.89. The van der Waals surface area contributed by atoms with Gasteiger partial charge in [-0.15, -0.1) is 0 Å². The number of nitrogens with two attached hydrogens (primary N) is 1. The molecule has 0 aliphatic carbocycles. The maximum atomic E-state index is 5.67. The van der Waals surface area contributed by atoms with Crippen LogP contribution in [0.5, 0.6) is 0 Å². The van der Waals surface area contributed by atoms with Crippen molar-refractivity contribution in [3.63, 3.8) is 0 Å². The Morgan fingerprint density at radius 1 is 1.19 bits per heavy atom. The van der Waals surface area contributed by atoms with E-state index in [2.05, 4.69) is 37.8 Å². The van der Waals surface area contributed by atoms with E-state index < -0.39 is 0 Å². The van der Waals surface area contributed by atoms with Crippen molar-refractivity contribution in [2.24, 2.45) is 0 Å². The Kier molecular flexibility index (Phi) is 5.33. The predicted molar refractivity (Wildman–Crippen MR) is 71.6 cm³/mol. The van der Waals surface area contributed by atoms with Gasteiger partial charge in [0.1, 0.15) is 0 Å². The maximum Gasteiger partial charge on any atom is 0.0314 e. The Bertz CT molecular complexity index is 292. The molecule has 1 aromatic rings. The first-order valence-corrected chi connectivity index (χ1v) is 6.25. The highest BCUT2D eigenvalue weighted by atomic mass is 15.1. The number of hydrogen-bond donors (Lipinski definition) is 1. The largest absolute Gasteiger partial charge is 0.399 e. The zero-order valence-corrected chi connectivity index (χ0v) is 10.7. The van der Waals surface area contributed by atoms with Crippen LogP contribution in [0.15, 0.2) is 24.3 Å². The van der Waals surface area contributed by atoms with Crippen LogP contribution in [0.4, 0.5) is 5.69 Å². The van der Waals surface area contributed by atoms with Crippen LogP contribution in [0.3, 0.4) is 0 Å². The fourth-order valence-corrected chi connectivity index (χ4v) is 1.91. The van der Waals surface area contributed by atoms with Crippen molar-refractivity contribution in [2.75, 3.05) is 18.8 Å². The monoisotopic (exact) mass is 220 g/mol. The molecule has 16 heavy (non-hydrogen) atoms. The Hall–Kier alpha value is -1.02. The average Bonchev–Trinajstić information content (AvgIpc) is 2.31. The molecule has 0 aliphatic rings. The van der Waals surface area contributed by atoms with Gasteiger partial charge in [0.05, 0.1) is 0 Å². The van der Waals surface area contributed by atoms with Gasteiger partial charge in [0, 0.05) is 18.3 Å². The van der Waals surface area contributed by atoms with E-state index in [0.717, 1.165) is 25.2 Å². The lowest BCUT2D eigenvalue weighted by Crippen LogP contribution is -2.34. The molecular formula is C14H24N2. The van der Waals surface area contributed by atoms with E-state index in [1.165, 1.54) is 12.0 Å². The van der Waals surface area contributed by atoms with Crippen LogP contribution in [0.25, 0.3) is 0 Å². The highest BCUT2D eigenvalue weighted by Gasteiger charge is 2.09. The molecule has 0 saturated heterocycles. The van der Waals surface area contributed by atoms with Crippen LogP contribution in [0.2, 0.25) is 0 Å². The van der Waals surface area contributed by atoms with Gasteiger partial charge in [0.15, 0.2) is 0 Å². The summed E-state index contributed by atoms with van der Waals surface area (Å²) in [6.07, 6.45) is 2.33. The van der Waals surface area contributed by atoms with E-state index in [9.17, 15) is 0 Å². The van der Waals surface area contributed by atoms with Gasteiger partial charge in [-0.3, -0.25) is 0 Å². The predicted octanol–water partition coefficient (Wildman–Crippen LogP) is 2.93. The molecular weight excluding hydrogens is 196 g/mol. The molecule has 0 bridgehead atoms. The first kappa shape index (κ1) is 13.0. The summed E-state index contributed by atoms with van der Waals surface area (Å²) in [5.41, 5.74) is 7.88. The van der Waals surface area contributed by atoms with E-state index in [-0.39, 0.29) is 0 Å².